The number of morpholine rings is 1. The summed E-state index contributed by atoms with van der Waals surface area (Å²) in [6, 6.07) is 15.2. The molecule has 2 aromatic carbocycles. The molecule has 1 amide bonds. The molecule has 1 aliphatic heterocycles. The first-order valence-corrected chi connectivity index (χ1v) is 14.3. The second kappa shape index (κ2) is 16.7. The van der Waals surface area contributed by atoms with Gasteiger partial charge in [0.1, 0.15) is 17.6 Å². The van der Waals surface area contributed by atoms with E-state index in [1.807, 2.05) is 54.9 Å². The van der Waals surface area contributed by atoms with Crippen LogP contribution >= 0.6 is 0 Å². The number of aromatic nitrogens is 2. The number of carbonyl (C=O) groups is 3. The van der Waals surface area contributed by atoms with Gasteiger partial charge in [-0.05, 0) is 54.7 Å². The van der Waals surface area contributed by atoms with E-state index in [0.717, 1.165) is 36.1 Å². The van der Waals surface area contributed by atoms with Crippen LogP contribution in [0.2, 0.25) is 0 Å². The standard InChI is InChI=1S/C27H31N5O3.2C2HF3O2/c1-4-12-27(25(33)31(2)13-14-34-27)21-6-5-7-23(16-21)35-24-15-19(8-10-20(24)17-28)9-11-22-18-30-26(29)32(22)3;2*3-2(4,5)1(6)7/h5-8,10,15-16,18H,4,9,11-14H2,1-3H3,(H2,29,30);2*(H,6,7). The summed E-state index contributed by atoms with van der Waals surface area (Å²) in [4.78, 5) is 36.8. The van der Waals surface area contributed by atoms with Gasteiger partial charge >= 0.3 is 24.3 Å². The molecule has 1 atom stereocenters. The fourth-order valence-electron chi connectivity index (χ4n) is 4.51. The predicted octanol–water partition coefficient (Wildman–Crippen LogP) is 5.20. The van der Waals surface area contributed by atoms with Crippen LogP contribution < -0.4 is 10.5 Å². The number of benzene rings is 2. The molecule has 0 saturated carbocycles. The van der Waals surface area contributed by atoms with E-state index in [0.29, 0.717) is 42.6 Å². The third-order valence-electron chi connectivity index (χ3n) is 7.04. The maximum atomic E-state index is 13.2. The fourth-order valence-corrected chi connectivity index (χ4v) is 4.51. The first-order valence-electron chi connectivity index (χ1n) is 14.3. The van der Waals surface area contributed by atoms with E-state index in [1.54, 1.807) is 24.2 Å². The van der Waals surface area contributed by atoms with Crippen LogP contribution in [0.3, 0.4) is 0 Å². The number of halogens is 6. The number of amides is 1. The summed E-state index contributed by atoms with van der Waals surface area (Å²) in [6.45, 7) is 3.10. The molecule has 1 saturated heterocycles. The molecule has 49 heavy (non-hydrogen) atoms. The topological polar surface area (TPSA) is 181 Å². The SMILES string of the molecule is CCCC1(c2cccc(Oc3cc(CCc4cnc(N)n4C)ccc3C#N)c2)OCCN(C)C1=O.O=C(O)C(F)(F)F.O=C(O)C(F)(F)F. The Balaban J connectivity index is 0.000000500. The van der Waals surface area contributed by atoms with Crippen molar-refractivity contribution in [1.29, 1.82) is 5.26 Å². The van der Waals surface area contributed by atoms with Crippen molar-refractivity contribution in [3.8, 4) is 17.6 Å². The molecule has 4 rings (SSSR count). The summed E-state index contributed by atoms with van der Waals surface area (Å²) >= 11 is 0. The van der Waals surface area contributed by atoms with Crippen LogP contribution in [0, 0.1) is 11.3 Å². The average molecular weight is 702 g/mol. The van der Waals surface area contributed by atoms with Crippen LogP contribution in [0.1, 0.15) is 42.1 Å². The van der Waals surface area contributed by atoms with E-state index in [1.165, 1.54) is 0 Å². The lowest BCUT2D eigenvalue weighted by molar-refractivity contribution is -0.193. The van der Waals surface area contributed by atoms with Gasteiger partial charge in [0.25, 0.3) is 5.91 Å². The number of hydrogen-bond donors (Lipinski definition) is 3. The average Bonchev–Trinajstić information content (AvgIpc) is 3.35. The van der Waals surface area contributed by atoms with Gasteiger partial charge in [0.15, 0.2) is 11.5 Å². The number of nitriles is 1. The molecule has 1 aliphatic rings. The van der Waals surface area contributed by atoms with Crippen molar-refractivity contribution in [2.24, 2.45) is 7.05 Å². The van der Waals surface area contributed by atoms with Crippen molar-refractivity contribution in [2.75, 3.05) is 25.9 Å². The van der Waals surface area contributed by atoms with Crippen molar-refractivity contribution >= 4 is 23.8 Å². The molecule has 1 unspecified atom stereocenters. The number of aryl methyl sites for hydroxylation is 2. The Labute approximate surface area is 276 Å². The first-order chi connectivity index (χ1) is 22.8. The lowest BCUT2D eigenvalue weighted by Crippen LogP contribution is -2.53. The van der Waals surface area contributed by atoms with E-state index < -0.39 is 29.9 Å². The van der Waals surface area contributed by atoms with Crippen molar-refractivity contribution < 1.29 is 60.4 Å². The summed E-state index contributed by atoms with van der Waals surface area (Å²) in [5.74, 6) is -4.05. The van der Waals surface area contributed by atoms with Crippen LogP contribution in [0.5, 0.6) is 11.5 Å². The number of rotatable bonds is 8. The molecule has 0 radical (unpaired) electrons. The third-order valence-corrected chi connectivity index (χ3v) is 7.04. The molecule has 18 heteroatoms. The Kier molecular flexibility index (Phi) is 13.6. The predicted molar refractivity (Wildman–Crippen MR) is 160 cm³/mol. The van der Waals surface area contributed by atoms with Gasteiger partial charge in [0, 0.05) is 26.3 Å². The molecule has 0 aliphatic carbocycles. The van der Waals surface area contributed by atoms with E-state index in [4.69, 9.17) is 35.0 Å². The van der Waals surface area contributed by atoms with Gasteiger partial charge < -0.3 is 34.9 Å². The Morgan fingerprint density at radius 1 is 1.06 bits per heavy atom. The molecule has 0 spiro atoms. The summed E-state index contributed by atoms with van der Waals surface area (Å²) in [7, 11) is 3.70. The number of aliphatic carboxylic acids is 2. The number of nitrogen functional groups attached to an aromatic ring is 1. The Bertz CT molecular complexity index is 1640. The minimum atomic E-state index is -5.08. The number of hydrogen-bond acceptors (Lipinski definition) is 8. The molecule has 0 bridgehead atoms. The molecule has 12 nitrogen and oxygen atoms in total. The molecule has 266 valence electrons. The fraction of sp³-hybridized carbons (Fsp3) is 0.387. The Hall–Kier alpha value is -5.31. The van der Waals surface area contributed by atoms with E-state index in [2.05, 4.69) is 11.1 Å². The van der Waals surface area contributed by atoms with Crippen molar-refractivity contribution in [1.82, 2.24) is 14.5 Å². The minimum absolute atomic E-state index is 0.0433. The van der Waals surface area contributed by atoms with E-state index in [9.17, 15) is 36.4 Å². The summed E-state index contributed by atoms with van der Waals surface area (Å²) in [5, 5.41) is 23.9. The van der Waals surface area contributed by atoms with Crippen LogP contribution in [0.4, 0.5) is 32.3 Å². The van der Waals surface area contributed by atoms with Gasteiger partial charge in [-0.25, -0.2) is 14.6 Å². The highest BCUT2D eigenvalue weighted by Crippen LogP contribution is 2.38. The van der Waals surface area contributed by atoms with Gasteiger partial charge in [-0.3, -0.25) is 4.79 Å². The van der Waals surface area contributed by atoms with Crippen molar-refractivity contribution in [3.05, 3.63) is 71.0 Å². The number of nitrogens with zero attached hydrogens (tertiary/aromatic N) is 4. The van der Waals surface area contributed by atoms with E-state index >= 15 is 0 Å². The number of carboxylic acids is 2. The second-order valence-electron chi connectivity index (χ2n) is 10.5. The first kappa shape index (κ1) is 39.9. The largest absolute Gasteiger partial charge is 0.490 e. The van der Waals surface area contributed by atoms with Gasteiger partial charge in [-0.15, -0.1) is 0 Å². The summed E-state index contributed by atoms with van der Waals surface area (Å²) < 4.78 is 77.6. The molecular formula is C31H33F6N5O7. The van der Waals surface area contributed by atoms with Gasteiger partial charge in [0.2, 0.25) is 0 Å². The molecule has 3 aromatic rings. The zero-order valence-electron chi connectivity index (χ0n) is 26.4. The van der Waals surface area contributed by atoms with Gasteiger partial charge in [-0.2, -0.15) is 31.6 Å². The van der Waals surface area contributed by atoms with Crippen molar-refractivity contribution in [2.45, 2.75) is 50.6 Å². The maximum absolute atomic E-state index is 13.2. The lowest BCUT2D eigenvalue weighted by Gasteiger charge is -2.40. The van der Waals surface area contributed by atoms with Gasteiger partial charge in [0.05, 0.1) is 18.4 Å². The molecule has 4 N–H and O–H groups in total. The highest BCUT2D eigenvalue weighted by Gasteiger charge is 2.45. The number of ether oxygens (including phenoxy) is 2. The number of carbonyl (C=O) groups excluding carboxylic acids is 1. The van der Waals surface area contributed by atoms with Crippen LogP contribution in [-0.2, 0) is 44.6 Å². The molecule has 2 heterocycles. The highest BCUT2D eigenvalue weighted by molar-refractivity contribution is 5.87. The highest BCUT2D eigenvalue weighted by atomic mass is 19.4. The Morgan fingerprint density at radius 2 is 1.67 bits per heavy atom. The number of carboxylic acid groups (broad SMARTS) is 2. The smallest absolute Gasteiger partial charge is 0.475 e. The number of imidazole rings is 1. The minimum Gasteiger partial charge on any atom is -0.475 e. The number of anilines is 1. The molecular weight excluding hydrogens is 668 g/mol. The zero-order valence-corrected chi connectivity index (χ0v) is 26.4. The molecule has 1 aromatic heterocycles. The monoisotopic (exact) mass is 701 g/mol. The zero-order chi connectivity index (χ0) is 37.2. The Morgan fingerprint density at radius 3 is 2.18 bits per heavy atom. The molecule has 1 fully saturated rings. The quantitative estimate of drug-likeness (QED) is 0.264. The van der Waals surface area contributed by atoms with Crippen LogP contribution in [-0.4, -0.2) is 75.1 Å². The number of likely N-dealkylation sites (N-methyl/N-ethyl adjacent to an activating group) is 1. The number of alkyl halides is 6. The maximum Gasteiger partial charge on any atom is 0.490 e. The summed E-state index contributed by atoms with van der Waals surface area (Å²) in [5.41, 5.74) is 8.08. The van der Waals surface area contributed by atoms with Gasteiger partial charge in [-0.1, -0.05) is 31.5 Å². The lowest BCUT2D eigenvalue weighted by atomic mass is 9.86. The van der Waals surface area contributed by atoms with Crippen molar-refractivity contribution in [3.63, 3.8) is 0 Å². The normalized spacial score (nSPS) is 16.0. The third kappa shape index (κ3) is 10.9. The second-order valence-corrected chi connectivity index (χ2v) is 10.5. The van der Waals surface area contributed by atoms with Crippen LogP contribution in [0.15, 0.2) is 48.7 Å². The number of nitrogens with two attached hydrogens (primary N) is 1. The van der Waals surface area contributed by atoms with E-state index in [-0.39, 0.29) is 5.91 Å². The summed E-state index contributed by atoms with van der Waals surface area (Å²) in [6.07, 6.45) is -5.51. The van der Waals surface area contributed by atoms with Crippen LogP contribution in [0.25, 0.3) is 0 Å².